The molecule has 3 heterocycles. The first kappa shape index (κ1) is 27.7. The van der Waals surface area contributed by atoms with Crippen LogP contribution in [0, 0.1) is 31.6 Å². The topological polar surface area (TPSA) is 92.2 Å². The third-order valence-electron chi connectivity index (χ3n) is 8.77. The Hall–Kier alpha value is -3.43. The number of aliphatic carboxylic acids is 1. The summed E-state index contributed by atoms with van der Waals surface area (Å²) in [6.07, 6.45) is 2.82. The van der Waals surface area contributed by atoms with Crippen LogP contribution in [-0.4, -0.2) is 66.3 Å². The molecule has 2 bridgehead atoms. The number of amides is 1. The number of piperidine rings is 1. The van der Waals surface area contributed by atoms with Gasteiger partial charge in [0.25, 0.3) is 5.91 Å². The summed E-state index contributed by atoms with van der Waals surface area (Å²) < 4.78 is 11.9. The predicted octanol–water partition coefficient (Wildman–Crippen LogP) is 5.42. The second-order valence-electron chi connectivity index (χ2n) is 11.6. The Kier molecular flexibility index (Phi) is 7.99. The van der Waals surface area contributed by atoms with Crippen LogP contribution in [-0.2, 0) is 16.1 Å². The second-order valence-corrected chi connectivity index (χ2v) is 12.4. The minimum absolute atomic E-state index is 0.0476. The van der Waals surface area contributed by atoms with Gasteiger partial charge >= 0.3 is 5.97 Å². The summed E-state index contributed by atoms with van der Waals surface area (Å²) in [7, 11) is 0. The number of fused-ring (bicyclic) bond motifs is 2. The average Bonchev–Trinajstić information content (AvgIpc) is 3.44. The fourth-order valence-corrected chi connectivity index (χ4v) is 7.41. The molecule has 3 aromatic rings. The monoisotopic (exact) mass is 575 g/mol. The Morgan fingerprint density at radius 2 is 1.88 bits per heavy atom. The number of carbonyl (C=O) groups excluding carboxylic acids is 1. The highest BCUT2D eigenvalue weighted by Crippen LogP contribution is 2.44. The van der Waals surface area contributed by atoms with E-state index in [0.29, 0.717) is 31.9 Å². The Morgan fingerprint density at radius 3 is 2.63 bits per heavy atom. The van der Waals surface area contributed by atoms with Gasteiger partial charge in [-0.3, -0.25) is 9.59 Å². The number of anilines is 1. The third kappa shape index (κ3) is 5.83. The molecule has 8 nitrogen and oxygen atoms in total. The summed E-state index contributed by atoms with van der Waals surface area (Å²) in [5.41, 5.74) is 5.69. The van der Waals surface area contributed by atoms with Gasteiger partial charge in [0.15, 0.2) is 5.13 Å². The van der Waals surface area contributed by atoms with Crippen molar-refractivity contribution in [2.24, 2.45) is 17.8 Å². The quantitative estimate of drug-likeness (QED) is 0.403. The summed E-state index contributed by atoms with van der Waals surface area (Å²) in [6.45, 7) is 8.60. The maximum absolute atomic E-state index is 13.0. The molecule has 0 spiro atoms. The molecule has 41 heavy (non-hydrogen) atoms. The van der Waals surface area contributed by atoms with Crippen LogP contribution in [0.5, 0.6) is 5.75 Å². The molecule has 3 fully saturated rings. The lowest BCUT2D eigenvalue weighted by atomic mass is 9.85. The first-order valence-corrected chi connectivity index (χ1v) is 15.4. The van der Waals surface area contributed by atoms with Crippen LogP contribution < -0.4 is 9.64 Å². The van der Waals surface area contributed by atoms with Crippen LogP contribution in [0.3, 0.4) is 0 Å². The number of thiazole rings is 1. The molecular formula is C32H37N3O5S. The summed E-state index contributed by atoms with van der Waals surface area (Å²) in [6, 6.07) is 12.0. The molecule has 9 heteroatoms. The SMILES string of the molecule is Cc1ccc(OCc2ccc(C(=O)N3CCCOCC3)cc2C)c(-c2csc(N3C[C@H]4CC[C@@H](C3)C4C(=O)O)n2)c1. The number of carbonyl (C=O) groups is 2. The molecule has 3 atom stereocenters. The number of aromatic nitrogens is 1. The minimum Gasteiger partial charge on any atom is -0.488 e. The van der Waals surface area contributed by atoms with Crippen LogP contribution in [0.15, 0.2) is 41.8 Å². The zero-order valence-corrected chi connectivity index (χ0v) is 24.5. The predicted molar refractivity (Wildman–Crippen MR) is 159 cm³/mol. The van der Waals surface area contributed by atoms with Gasteiger partial charge in [0.1, 0.15) is 12.4 Å². The normalized spacial score (nSPS) is 22.4. The van der Waals surface area contributed by atoms with Crippen LogP contribution in [0.4, 0.5) is 5.13 Å². The van der Waals surface area contributed by atoms with Crippen molar-refractivity contribution >= 4 is 28.3 Å². The number of hydrogen-bond donors (Lipinski definition) is 1. The summed E-state index contributed by atoms with van der Waals surface area (Å²) in [5, 5.41) is 12.7. The highest BCUT2D eigenvalue weighted by Gasteiger charge is 2.46. The van der Waals surface area contributed by atoms with Crippen molar-refractivity contribution in [1.82, 2.24) is 9.88 Å². The number of benzene rings is 2. The van der Waals surface area contributed by atoms with Gasteiger partial charge in [-0.05, 0) is 80.3 Å². The molecule has 1 aliphatic carbocycles. The highest BCUT2D eigenvalue weighted by molar-refractivity contribution is 7.14. The Bertz CT molecular complexity index is 1420. The van der Waals surface area contributed by atoms with E-state index in [-0.39, 0.29) is 23.7 Å². The fourth-order valence-electron chi connectivity index (χ4n) is 6.56. The van der Waals surface area contributed by atoms with Crippen molar-refractivity contribution in [1.29, 1.82) is 0 Å². The number of carboxylic acid groups (broad SMARTS) is 1. The van der Waals surface area contributed by atoms with Gasteiger partial charge < -0.3 is 24.4 Å². The van der Waals surface area contributed by atoms with Crippen molar-refractivity contribution in [3.63, 3.8) is 0 Å². The summed E-state index contributed by atoms with van der Waals surface area (Å²) in [5.74, 6) is 0.330. The molecule has 3 aliphatic rings. The molecule has 0 radical (unpaired) electrons. The number of rotatable bonds is 7. The largest absolute Gasteiger partial charge is 0.488 e. The first-order valence-electron chi connectivity index (χ1n) is 14.5. The maximum atomic E-state index is 13.0. The van der Waals surface area contributed by atoms with Crippen molar-refractivity contribution < 1.29 is 24.2 Å². The van der Waals surface area contributed by atoms with E-state index in [2.05, 4.69) is 23.3 Å². The van der Waals surface area contributed by atoms with E-state index >= 15 is 0 Å². The second kappa shape index (κ2) is 11.8. The lowest BCUT2D eigenvalue weighted by molar-refractivity contribution is -0.144. The summed E-state index contributed by atoms with van der Waals surface area (Å²) in [4.78, 5) is 33.9. The van der Waals surface area contributed by atoms with E-state index in [1.54, 1.807) is 11.3 Å². The molecule has 1 unspecified atom stereocenters. The van der Waals surface area contributed by atoms with Crippen LogP contribution >= 0.6 is 11.3 Å². The van der Waals surface area contributed by atoms with Gasteiger partial charge in [0.2, 0.25) is 0 Å². The number of ether oxygens (including phenoxy) is 2. The molecule has 1 amide bonds. The van der Waals surface area contributed by atoms with E-state index in [0.717, 1.165) is 77.7 Å². The standard InChI is InChI=1S/C32H37N3O5S/c1-20-4-9-28(40-18-25-8-5-22(15-21(25)2)30(36)34-10-3-12-39-13-11-34)26(14-20)27-19-41-32(33-27)35-16-23-6-7-24(17-35)29(23)31(37)38/h4-5,8-9,14-15,19,23-24,29H,3,6-7,10-13,16-18H2,1-2H3,(H,37,38)/t23-,24+,29?. The van der Waals surface area contributed by atoms with Gasteiger partial charge in [-0.2, -0.15) is 0 Å². The number of hydrogen-bond acceptors (Lipinski definition) is 7. The van der Waals surface area contributed by atoms with Gasteiger partial charge in [0.05, 0.1) is 18.2 Å². The van der Waals surface area contributed by atoms with Crippen LogP contribution in [0.25, 0.3) is 11.3 Å². The molecule has 216 valence electrons. The van der Waals surface area contributed by atoms with E-state index in [1.165, 1.54) is 0 Å². The van der Waals surface area contributed by atoms with Gasteiger partial charge in [-0.1, -0.05) is 17.7 Å². The average molecular weight is 576 g/mol. The Morgan fingerprint density at radius 1 is 1.07 bits per heavy atom. The zero-order valence-electron chi connectivity index (χ0n) is 23.7. The first-order chi connectivity index (χ1) is 19.9. The lowest BCUT2D eigenvalue weighted by Gasteiger charge is -2.35. The van der Waals surface area contributed by atoms with E-state index in [9.17, 15) is 14.7 Å². The molecule has 6 rings (SSSR count). The van der Waals surface area contributed by atoms with Crippen LogP contribution in [0.1, 0.15) is 46.3 Å². The number of aryl methyl sites for hydroxylation is 2. The summed E-state index contributed by atoms with van der Waals surface area (Å²) >= 11 is 1.61. The highest BCUT2D eigenvalue weighted by atomic mass is 32.1. The van der Waals surface area contributed by atoms with Crippen molar-refractivity contribution in [2.75, 3.05) is 44.3 Å². The number of carboxylic acids is 1. The van der Waals surface area contributed by atoms with E-state index in [1.807, 2.05) is 42.2 Å². The Balaban J connectivity index is 1.15. The van der Waals surface area contributed by atoms with Gasteiger partial charge in [-0.25, -0.2) is 4.98 Å². The minimum atomic E-state index is -0.650. The molecular weight excluding hydrogens is 538 g/mol. The zero-order chi connectivity index (χ0) is 28.5. The molecule has 2 aliphatic heterocycles. The van der Waals surface area contributed by atoms with E-state index in [4.69, 9.17) is 14.5 Å². The maximum Gasteiger partial charge on any atom is 0.307 e. The molecule has 1 aromatic heterocycles. The van der Waals surface area contributed by atoms with Gasteiger partial charge in [0, 0.05) is 49.3 Å². The van der Waals surface area contributed by atoms with Crippen LogP contribution in [0.2, 0.25) is 0 Å². The third-order valence-corrected chi connectivity index (χ3v) is 9.68. The van der Waals surface area contributed by atoms with Crippen molar-refractivity contribution in [3.8, 4) is 17.0 Å². The Labute approximate surface area is 244 Å². The lowest BCUT2D eigenvalue weighted by Crippen LogP contribution is -2.44. The molecule has 1 N–H and O–H groups in total. The molecule has 2 aromatic carbocycles. The number of nitrogens with zero attached hydrogens (tertiary/aromatic N) is 3. The van der Waals surface area contributed by atoms with Crippen molar-refractivity contribution in [2.45, 2.75) is 39.7 Å². The smallest absolute Gasteiger partial charge is 0.307 e. The fraction of sp³-hybridized carbons (Fsp3) is 0.469. The van der Waals surface area contributed by atoms with E-state index < -0.39 is 5.97 Å². The van der Waals surface area contributed by atoms with Gasteiger partial charge in [-0.15, -0.1) is 11.3 Å². The van der Waals surface area contributed by atoms with Crippen molar-refractivity contribution in [3.05, 3.63) is 64.0 Å². The molecule has 2 saturated heterocycles. The molecule has 1 saturated carbocycles.